The molecule has 1 aromatic heterocycles. The number of alkyl halides is 3. The molecule has 6 heteroatoms. The maximum Gasteiger partial charge on any atom is 0.408 e. The summed E-state index contributed by atoms with van der Waals surface area (Å²) in [5.41, 5.74) is 4.95. The summed E-state index contributed by atoms with van der Waals surface area (Å²) in [6, 6.07) is 1.05. The Kier molecular flexibility index (Phi) is 2.80. The Bertz CT molecular complexity index is 270. The molecule has 0 saturated carbocycles. The second-order valence-electron chi connectivity index (χ2n) is 2.16. The summed E-state index contributed by atoms with van der Waals surface area (Å²) in [5, 5.41) is 0. The second kappa shape index (κ2) is 3.35. The van der Waals surface area contributed by atoms with E-state index >= 15 is 0 Å². The summed E-state index contributed by atoms with van der Waals surface area (Å²) in [7, 11) is 0. The monoisotopic (exact) mass is 259 g/mol. The van der Waals surface area contributed by atoms with Gasteiger partial charge in [0.25, 0.3) is 0 Å². The predicted octanol–water partition coefficient (Wildman–Crippen LogP) is 3.07. The molecule has 0 aliphatic heterocycles. The average molecular weight is 260 g/mol. The molecule has 0 fully saturated rings. The summed E-state index contributed by atoms with van der Waals surface area (Å²) in [6.45, 7) is 0. The molecule has 1 atom stereocenters. The molecule has 12 heavy (non-hydrogen) atoms. The van der Waals surface area contributed by atoms with Gasteiger partial charge < -0.3 is 5.73 Å². The Hall–Kier alpha value is -0.0700. The first-order valence-electron chi connectivity index (χ1n) is 2.99. The molecule has 0 saturated heterocycles. The summed E-state index contributed by atoms with van der Waals surface area (Å²) in [4.78, 5) is 0.120. The molecule has 0 bridgehead atoms. The molecule has 1 heterocycles. The lowest BCUT2D eigenvalue weighted by Crippen LogP contribution is -2.27. The van der Waals surface area contributed by atoms with Crippen LogP contribution in [-0.4, -0.2) is 6.18 Å². The van der Waals surface area contributed by atoms with E-state index in [1.165, 1.54) is 6.07 Å². The predicted molar refractivity (Wildman–Crippen MR) is 45.0 cm³/mol. The van der Waals surface area contributed by atoms with E-state index in [0.29, 0.717) is 3.79 Å². The molecule has 0 radical (unpaired) electrons. The Labute approximate surface area is 79.5 Å². The van der Waals surface area contributed by atoms with E-state index in [1.807, 2.05) is 0 Å². The molecule has 68 valence electrons. The van der Waals surface area contributed by atoms with Crippen LogP contribution in [0.15, 0.2) is 15.9 Å². The number of thiophene rings is 1. The van der Waals surface area contributed by atoms with Crippen molar-refractivity contribution in [1.29, 1.82) is 0 Å². The van der Waals surface area contributed by atoms with Gasteiger partial charge in [0.2, 0.25) is 0 Å². The standard InChI is InChI=1S/C6H5BrF3NS/c7-4-2-1-3(12-4)5(11)6(8,9)10/h1-2,5H,11H2/t5-/m1/s1. The molecule has 0 amide bonds. The first kappa shape index (κ1) is 10.0. The fourth-order valence-electron chi connectivity index (χ4n) is 0.657. The Balaban J connectivity index is 2.85. The molecule has 0 aromatic carbocycles. The van der Waals surface area contributed by atoms with Crippen molar-refractivity contribution in [3.63, 3.8) is 0 Å². The minimum Gasteiger partial charge on any atom is -0.316 e. The van der Waals surface area contributed by atoms with Crippen LogP contribution < -0.4 is 5.73 Å². The van der Waals surface area contributed by atoms with Crippen molar-refractivity contribution in [2.45, 2.75) is 12.2 Å². The van der Waals surface area contributed by atoms with Crippen molar-refractivity contribution >= 4 is 27.3 Å². The third-order valence-corrected chi connectivity index (χ3v) is 2.96. The smallest absolute Gasteiger partial charge is 0.316 e. The first-order chi connectivity index (χ1) is 5.41. The summed E-state index contributed by atoms with van der Waals surface area (Å²) in [5.74, 6) is 0. The lowest BCUT2D eigenvalue weighted by atomic mass is 10.2. The molecule has 1 aromatic rings. The number of nitrogens with two attached hydrogens (primary N) is 1. The van der Waals surface area contributed by atoms with Gasteiger partial charge in [-0.25, -0.2) is 0 Å². The van der Waals surface area contributed by atoms with Crippen LogP contribution >= 0.6 is 27.3 Å². The molecule has 0 aliphatic rings. The SMILES string of the molecule is N[C@H](c1ccc(Br)s1)C(F)(F)F. The van der Waals surface area contributed by atoms with Crippen molar-refractivity contribution in [3.8, 4) is 0 Å². The number of rotatable bonds is 1. The van der Waals surface area contributed by atoms with Crippen molar-refractivity contribution in [3.05, 3.63) is 20.8 Å². The molecule has 0 aliphatic carbocycles. The number of hydrogen-bond acceptors (Lipinski definition) is 2. The van der Waals surface area contributed by atoms with Crippen LogP contribution in [0, 0.1) is 0 Å². The van der Waals surface area contributed by atoms with E-state index in [4.69, 9.17) is 5.73 Å². The van der Waals surface area contributed by atoms with E-state index in [1.54, 1.807) is 6.07 Å². The Morgan fingerprint density at radius 3 is 2.33 bits per heavy atom. The van der Waals surface area contributed by atoms with Gasteiger partial charge in [0, 0.05) is 4.88 Å². The minimum atomic E-state index is -4.36. The van der Waals surface area contributed by atoms with Crippen molar-refractivity contribution in [2.75, 3.05) is 0 Å². The van der Waals surface area contributed by atoms with Gasteiger partial charge in [0.15, 0.2) is 0 Å². The molecule has 2 N–H and O–H groups in total. The average Bonchev–Trinajstić information content (AvgIpc) is 2.32. The maximum absolute atomic E-state index is 12.0. The van der Waals surface area contributed by atoms with E-state index < -0.39 is 12.2 Å². The lowest BCUT2D eigenvalue weighted by molar-refractivity contribution is -0.148. The summed E-state index contributed by atoms with van der Waals surface area (Å²) in [6.07, 6.45) is -4.36. The quantitative estimate of drug-likeness (QED) is 0.825. The van der Waals surface area contributed by atoms with Crippen molar-refractivity contribution < 1.29 is 13.2 Å². The van der Waals surface area contributed by atoms with Crippen molar-refractivity contribution in [1.82, 2.24) is 0 Å². The highest BCUT2D eigenvalue weighted by Gasteiger charge is 2.38. The van der Waals surface area contributed by atoms with E-state index in [9.17, 15) is 13.2 Å². The van der Waals surface area contributed by atoms with Gasteiger partial charge in [0.1, 0.15) is 6.04 Å². The zero-order valence-corrected chi connectivity index (χ0v) is 8.13. The van der Waals surface area contributed by atoms with Gasteiger partial charge in [-0.1, -0.05) is 0 Å². The van der Waals surface area contributed by atoms with Crippen LogP contribution in [0.3, 0.4) is 0 Å². The molecule has 0 unspecified atom stereocenters. The number of halogens is 4. The van der Waals surface area contributed by atoms with Gasteiger partial charge in [-0.15, -0.1) is 11.3 Å². The molecular weight excluding hydrogens is 255 g/mol. The van der Waals surface area contributed by atoms with Crippen molar-refractivity contribution in [2.24, 2.45) is 5.73 Å². The van der Waals surface area contributed by atoms with Crippen LogP contribution in [0.1, 0.15) is 10.9 Å². The van der Waals surface area contributed by atoms with Crippen LogP contribution in [0.2, 0.25) is 0 Å². The maximum atomic E-state index is 12.0. The topological polar surface area (TPSA) is 26.0 Å². The third kappa shape index (κ3) is 2.21. The van der Waals surface area contributed by atoms with E-state index in [0.717, 1.165) is 11.3 Å². The fourth-order valence-corrected chi connectivity index (χ4v) is 2.11. The highest BCUT2D eigenvalue weighted by molar-refractivity contribution is 9.11. The van der Waals surface area contributed by atoms with Gasteiger partial charge in [-0.05, 0) is 28.1 Å². The summed E-state index contributed by atoms with van der Waals surface area (Å²) >= 11 is 4.06. The molecule has 1 rings (SSSR count). The highest BCUT2D eigenvalue weighted by Crippen LogP contribution is 2.35. The first-order valence-corrected chi connectivity index (χ1v) is 4.60. The van der Waals surface area contributed by atoms with Crippen LogP contribution in [-0.2, 0) is 0 Å². The van der Waals surface area contributed by atoms with Gasteiger partial charge in [0.05, 0.1) is 3.79 Å². The zero-order chi connectivity index (χ0) is 9.35. The normalized spacial score (nSPS) is 14.8. The second-order valence-corrected chi connectivity index (χ2v) is 4.66. The largest absolute Gasteiger partial charge is 0.408 e. The lowest BCUT2D eigenvalue weighted by Gasteiger charge is -2.12. The fraction of sp³-hybridized carbons (Fsp3) is 0.333. The van der Waals surface area contributed by atoms with Crippen LogP contribution in [0.25, 0.3) is 0 Å². The van der Waals surface area contributed by atoms with Gasteiger partial charge in [-0.3, -0.25) is 0 Å². The minimum absolute atomic E-state index is 0.120. The van der Waals surface area contributed by atoms with E-state index in [-0.39, 0.29) is 4.88 Å². The summed E-state index contributed by atoms with van der Waals surface area (Å²) < 4.78 is 36.7. The van der Waals surface area contributed by atoms with E-state index in [2.05, 4.69) is 15.9 Å². The third-order valence-electron chi connectivity index (χ3n) is 1.25. The van der Waals surface area contributed by atoms with Crippen LogP contribution in [0.4, 0.5) is 13.2 Å². The highest BCUT2D eigenvalue weighted by atomic mass is 79.9. The number of hydrogen-bond donors (Lipinski definition) is 1. The molecule has 1 nitrogen and oxygen atoms in total. The molecular formula is C6H5BrF3NS. The van der Waals surface area contributed by atoms with Crippen LogP contribution in [0.5, 0.6) is 0 Å². The Morgan fingerprint density at radius 1 is 1.42 bits per heavy atom. The molecule has 0 spiro atoms. The zero-order valence-electron chi connectivity index (χ0n) is 5.73. The van der Waals surface area contributed by atoms with Gasteiger partial charge >= 0.3 is 6.18 Å². The Morgan fingerprint density at radius 2 is 2.00 bits per heavy atom. The van der Waals surface area contributed by atoms with Gasteiger partial charge in [-0.2, -0.15) is 13.2 Å².